The molecule has 0 heterocycles. The molecule has 2 N–H and O–H groups in total. The Balaban J connectivity index is 2.89. The predicted octanol–water partition coefficient (Wildman–Crippen LogP) is 1.15. The number of nitro benzene ring substituents is 1. The first-order chi connectivity index (χ1) is 8.47. The molecule has 0 saturated heterocycles. The second-order valence-corrected chi connectivity index (χ2v) is 3.79. The predicted molar refractivity (Wildman–Crippen MR) is 63.7 cm³/mol. The average Bonchev–Trinajstić information content (AvgIpc) is 2.34. The van der Waals surface area contributed by atoms with Crippen LogP contribution in [0.2, 0.25) is 0 Å². The van der Waals surface area contributed by atoms with Crippen LogP contribution in [0.4, 0.5) is 10.1 Å². The molecule has 1 aromatic rings. The van der Waals surface area contributed by atoms with Crippen LogP contribution in [0.5, 0.6) is 0 Å². The van der Waals surface area contributed by atoms with E-state index in [1.807, 2.05) is 0 Å². The molecule has 0 bridgehead atoms. The van der Waals surface area contributed by atoms with Crippen LogP contribution < -0.4 is 5.73 Å². The van der Waals surface area contributed by atoms with E-state index < -0.39 is 16.6 Å². The lowest BCUT2D eigenvalue weighted by molar-refractivity contribution is -0.385. The summed E-state index contributed by atoms with van der Waals surface area (Å²) in [4.78, 5) is 22.9. The second kappa shape index (κ2) is 6.06. The Kier molecular flexibility index (Phi) is 4.73. The Morgan fingerprint density at radius 2 is 2.22 bits per heavy atom. The van der Waals surface area contributed by atoms with Crippen molar-refractivity contribution in [2.24, 2.45) is 5.73 Å². The molecule has 0 unspecified atom stereocenters. The Morgan fingerprint density at radius 3 is 2.72 bits per heavy atom. The van der Waals surface area contributed by atoms with Gasteiger partial charge in [-0.3, -0.25) is 14.9 Å². The van der Waals surface area contributed by atoms with Crippen molar-refractivity contribution in [3.63, 3.8) is 0 Å². The van der Waals surface area contributed by atoms with Gasteiger partial charge in [-0.25, -0.2) is 4.39 Å². The standard InChI is InChI=1S/C11H14FN3O3/c1-14(6-2-5-13)11(16)9-4-3-8(15(17)18)7-10(9)12/h3-4,7H,2,5-6,13H2,1H3. The van der Waals surface area contributed by atoms with Crippen LogP contribution in [0.25, 0.3) is 0 Å². The van der Waals surface area contributed by atoms with E-state index in [1.54, 1.807) is 0 Å². The summed E-state index contributed by atoms with van der Waals surface area (Å²) in [5, 5.41) is 10.4. The third kappa shape index (κ3) is 3.24. The molecule has 0 fully saturated rings. The number of rotatable bonds is 5. The van der Waals surface area contributed by atoms with E-state index in [-0.39, 0.29) is 11.3 Å². The van der Waals surface area contributed by atoms with Crippen molar-refractivity contribution in [2.75, 3.05) is 20.1 Å². The lowest BCUT2D eigenvalue weighted by Crippen LogP contribution is -2.29. The van der Waals surface area contributed by atoms with E-state index in [2.05, 4.69) is 0 Å². The fraction of sp³-hybridized carbons (Fsp3) is 0.364. The molecule has 0 radical (unpaired) electrons. The number of non-ortho nitro benzene ring substituents is 1. The number of amides is 1. The smallest absolute Gasteiger partial charge is 0.272 e. The van der Waals surface area contributed by atoms with Crippen LogP contribution in [0.15, 0.2) is 18.2 Å². The molecule has 1 aromatic carbocycles. The van der Waals surface area contributed by atoms with Crippen LogP contribution >= 0.6 is 0 Å². The normalized spacial score (nSPS) is 10.2. The van der Waals surface area contributed by atoms with Crippen molar-refractivity contribution in [1.29, 1.82) is 0 Å². The summed E-state index contributed by atoms with van der Waals surface area (Å²) in [5.74, 6) is -1.41. The lowest BCUT2D eigenvalue weighted by atomic mass is 10.1. The number of benzene rings is 1. The quantitative estimate of drug-likeness (QED) is 0.631. The van der Waals surface area contributed by atoms with Gasteiger partial charge >= 0.3 is 0 Å². The maximum Gasteiger partial charge on any atom is 0.272 e. The lowest BCUT2D eigenvalue weighted by Gasteiger charge is -2.16. The zero-order chi connectivity index (χ0) is 13.7. The number of nitrogens with zero attached hydrogens (tertiary/aromatic N) is 2. The number of nitro groups is 1. The molecule has 0 aliphatic heterocycles. The first kappa shape index (κ1) is 14.0. The number of carbonyl (C=O) groups is 1. The average molecular weight is 255 g/mol. The monoisotopic (exact) mass is 255 g/mol. The molecule has 6 nitrogen and oxygen atoms in total. The van der Waals surface area contributed by atoms with Crippen molar-refractivity contribution >= 4 is 11.6 Å². The van der Waals surface area contributed by atoms with Crippen molar-refractivity contribution < 1.29 is 14.1 Å². The van der Waals surface area contributed by atoms with Gasteiger partial charge in [0.05, 0.1) is 16.6 Å². The molecule has 1 rings (SSSR count). The zero-order valence-electron chi connectivity index (χ0n) is 9.93. The van der Waals surface area contributed by atoms with Gasteiger partial charge in [0, 0.05) is 19.7 Å². The second-order valence-electron chi connectivity index (χ2n) is 3.79. The SMILES string of the molecule is CN(CCCN)C(=O)c1ccc([N+](=O)[O-])cc1F. The molecule has 7 heteroatoms. The molecule has 0 spiro atoms. The van der Waals surface area contributed by atoms with Gasteiger partial charge in [0.15, 0.2) is 0 Å². The summed E-state index contributed by atoms with van der Waals surface area (Å²) in [7, 11) is 1.53. The Hall–Kier alpha value is -2.02. The Bertz CT molecular complexity index is 465. The molecule has 0 saturated carbocycles. The van der Waals surface area contributed by atoms with Crippen LogP contribution in [-0.2, 0) is 0 Å². The number of hydrogen-bond donors (Lipinski definition) is 1. The minimum atomic E-state index is -0.895. The summed E-state index contributed by atoms with van der Waals surface area (Å²) >= 11 is 0. The van der Waals surface area contributed by atoms with Crippen LogP contribution in [0.3, 0.4) is 0 Å². The van der Waals surface area contributed by atoms with Gasteiger partial charge in [0.1, 0.15) is 5.82 Å². The molecule has 0 atom stereocenters. The topological polar surface area (TPSA) is 89.5 Å². The Labute approximate surface area is 103 Å². The van der Waals surface area contributed by atoms with Gasteiger partial charge in [0.25, 0.3) is 11.6 Å². The van der Waals surface area contributed by atoms with Gasteiger partial charge in [-0.05, 0) is 19.0 Å². The number of nitrogens with two attached hydrogens (primary N) is 1. The van der Waals surface area contributed by atoms with Crippen molar-refractivity contribution in [1.82, 2.24) is 4.90 Å². The maximum absolute atomic E-state index is 13.6. The van der Waals surface area contributed by atoms with Crippen molar-refractivity contribution in [3.05, 3.63) is 39.7 Å². The fourth-order valence-corrected chi connectivity index (χ4v) is 1.43. The molecule has 0 aliphatic rings. The highest BCUT2D eigenvalue weighted by Crippen LogP contribution is 2.17. The minimum Gasteiger partial charge on any atom is -0.342 e. The third-order valence-corrected chi connectivity index (χ3v) is 2.44. The van der Waals surface area contributed by atoms with Gasteiger partial charge < -0.3 is 10.6 Å². The number of carbonyl (C=O) groups excluding carboxylic acids is 1. The van der Waals surface area contributed by atoms with E-state index in [1.165, 1.54) is 11.9 Å². The van der Waals surface area contributed by atoms with Crippen molar-refractivity contribution in [3.8, 4) is 0 Å². The summed E-state index contributed by atoms with van der Waals surface area (Å²) in [6, 6.07) is 2.96. The number of hydrogen-bond acceptors (Lipinski definition) is 4. The maximum atomic E-state index is 13.6. The fourth-order valence-electron chi connectivity index (χ4n) is 1.43. The highest BCUT2D eigenvalue weighted by atomic mass is 19.1. The third-order valence-electron chi connectivity index (χ3n) is 2.44. The van der Waals surface area contributed by atoms with Crippen molar-refractivity contribution in [2.45, 2.75) is 6.42 Å². The van der Waals surface area contributed by atoms with Gasteiger partial charge in [-0.15, -0.1) is 0 Å². The van der Waals surface area contributed by atoms with E-state index in [9.17, 15) is 19.3 Å². The first-order valence-electron chi connectivity index (χ1n) is 5.37. The van der Waals surface area contributed by atoms with Crippen LogP contribution in [0.1, 0.15) is 16.8 Å². The molecule has 18 heavy (non-hydrogen) atoms. The van der Waals surface area contributed by atoms with E-state index in [4.69, 9.17) is 5.73 Å². The molecule has 1 amide bonds. The van der Waals surface area contributed by atoms with Gasteiger partial charge in [-0.2, -0.15) is 0 Å². The molecular weight excluding hydrogens is 241 g/mol. The highest BCUT2D eigenvalue weighted by molar-refractivity contribution is 5.94. The molecule has 0 aliphatic carbocycles. The molecule has 0 aromatic heterocycles. The van der Waals surface area contributed by atoms with Gasteiger partial charge in [0.2, 0.25) is 0 Å². The highest BCUT2D eigenvalue weighted by Gasteiger charge is 2.18. The Morgan fingerprint density at radius 1 is 1.56 bits per heavy atom. The largest absolute Gasteiger partial charge is 0.342 e. The summed E-state index contributed by atoms with van der Waals surface area (Å²) < 4.78 is 13.6. The number of halogens is 1. The summed E-state index contributed by atoms with van der Waals surface area (Å²) in [6.45, 7) is 0.839. The van der Waals surface area contributed by atoms with E-state index >= 15 is 0 Å². The van der Waals surface area contributed by atoms with Gasteiger partial charge in [-0.1, -0.05) is 0 Å². The zero-order valence-corrected chi connectivity index (χ0v) is 9.93. The molecule has 98 valence electrons. The van der Waals surface area contributed by atoms with E-state index in [0.29, 0.717) is 19.5 Å². The van der Waals surface area contributed by atoms with Crippen LogP contribution in [-0.4, -0.2) is 35.9 Å². The summed E-state index contributed by atoms with van der Waals surface area (Å²) in [6.07, 6.45) is 0.608. The van der Waals surface area contributed by atoms with Crippen LogP contribution in [0, 0.1) is 15.9 Å². The van der Waals surface area contributed by atoms with E-state index in [0.717, 1.165) is 18.2 Å². The first-order valence-corrected chi connectivity index (χ1v) is 5.37. The summed E-state index contributed by atoms with van der Waals surface area (Å²) in [5.41, 5.74) is 4.75. The minimum absolute atomic E-state index is 0.180. The molecular formula is C11H14FN3O3.